The molecule has 5 heteroatoms. The average molecular weight is 299 g/mol. The van der Waals surface area contributed by atoms with Crippen LogP contribution in [0.5, 0.6) is 0 Å². The van der Waals surface area contributed by atoms with Gasteiger partial charge in [0.25, 0.3) is 0 Å². The molecule has 0 radical (unpaired) electrons. The first-order valence-corrected chi connectivity index (χ1v) is 7.78. The van der Waals surface area contributed by atoms with Gasteiger partial charge < -0.3 is 9.42 Å². The number of rotatable bonds is 4. The molecule has 2 heterocycles. The van der Waals surface area contributed by atoms with Crippen LogP contribution in [0.3, 0.4) is 0 Å². The van der Waals surface area contributed by atoms with Gasteiger partial charge in [-0.25, -0.2) is 0 Å². The number of hydrogen-bond acceptors (Lipinski definition) is 4. The zero-order valence-corrected chi connectivity index (χ0v) is 13.3. The van der Waals surface area contributed by atoms with Crippen molar-refractivity contribution in [1.82, 2.24) is 10.1 Å². The molecular weight excluding hydrogens is 278 g/mol. The molecule has 22 heavy (non-hydrogen) atoms. The Morgan fingerprint density at radius 1 is 1.36 bits per heavy atom. The van der Waals surface area contributed by atoms with Gasteiger partial charge in [0, 0.05) is 25.1 Å². The van der Waals surface area contributed by atoms with Crippen molar-refractivity contribution in [2.45, 2.75) is 46.0 Å². The number of carbonyl (C=O) groups excluding carboxylic acids is 1. The number of amides is 1. The lowest BCUT2D eigenvalue weighted by Gasteiger charge is -2.19. The van der Waals surface area contributed by atoms with Crippen LogP contribution in [0.15, 0.2) is 22.7 Å². The Hall–Kier alpha value is -2.17. The van der Waals surface area contributed by atoms with Crippen molar-refractivity contribution in [3.05, 3.63) is 41.0 Å². The van der Waals surface area contributed by atoms with Crippen molar-refractivity contribution < 1.29 is 9.32 Å². The molecule has 0 saturated carbocycles. The maximum Gasteiger partial charge on any atom is 0.232 e. The lowest BCUT2D eigenvalue weighted by Crippen LogP contribution is -2.25. The molecule has 1 aliphatic heterocycles. The third kappa shape index (κ3) is 2.75. The van der Waals surface area contributed by atoms with E-state index in [1.165, 1.54) is 5.56 Å². The van der Waals surface area contributed by atoms with Gasteiger partial charge in [0.05, 0.1) is 5.92 Å². The first-order valence-electron chi connectivity index (χ1n) is 7.78. The summed E-state index contributed by atoms with van der Waals surface area (Å²) in [6.07, 6.45) is 2.23. The standard InChI is InChI=1S/C17H21N3O2/c1-4-5-15-18-17(22-19-15)13-9-16(21)20(10-13)14-7-6-11(2)8-12(14)3/h6-8,13H,4-5,9-10H2,1-3H3. The molecule has 116 valence electrons. The minimum atomic E-state index is -0.00805. The summed E-state index contributed by atoms with van der Waals surface area (Å²) in [6, 6.07) is 6.15. The van der Waals surface area contributed by atoms with Crippen LogP contribution in [0.4, 0.5) is 5.69 Å². The van der Waals surface area contributed by atoms with Gasteiger partial charge >= 0.3 is 0 Å². The van der Waals surface area contributed by atoms with Gasteiger partial charge in [-0.05, 0) is 31.9 Å². The second-order valence-corrected chi connectivity index (χ2v) is 5.99. The van der Waals surface area contributed by atoms with E-state index in [-0.39, 0.29) is 11.8 Å². The molecule has 1 fully saturated rings. The maximum atomic E-state index is 12.4. The molecule has 3 rings (SSSR count). The van der Waals surface area contributed by atoms with Gasteiger partial charge in [-0.2, -0.15) is 4.98 Å². The summed E-state index contributed by atoms with van der Waals surface area (Å²) >= 11 is 0. The normalized spacial score (nSPS) is 18.2. The summed E-state index contributed by atoms with van der Waals surface area (Å²) in [4.78, 5) is 18.6. The Bertz CT molecular complexity index is 693. The number of aryl methyl sites for hydroxylation is 3. The summed E-state index contributed by atoms with van der Waals surface area (Å²) in [5.41, 5.74) is 3.29. The zero-order chi connectivity index (χ0) is 15.7. The van der Waals surface area contributed by atoms with Gasteiger partial charge in [-0.3, -0.25) is 4.79 Å². The molecule has 5 nitrogen and oxygen atoms in total. The Morgan fingerprint density at radius 3 is 2.91 bits per heavy atom. The smallest absolute Gasteiger partial charge is 0.232 e. The molecule has 0 aliphatic carbocycles. The van der Waals surface area contributed by atoms with Gasteiger partial charge in [0.15, 0.2) is 5.82 Å². The SMILES string of the molecule is CCCc1noc(C2CC(=O)N(c3ccc(C)cc3C)C2)n1. The second kappa shape index (κ2) is 5.91. The quantitative estimate of drug-likeness (QED) is 0.870. The minimum Gasteiger partial charge on any atom is -0.339 e. The van der Waals surface area contributed by atoms with E-state index in [1.807, 2.05) is 24.0 Å². The van der Waals surface area contributed by atoms with Crippen LogP contribution in [0.1, 0.15) is 48.5 Å². The van der Waals surface area contributed by atoms with Crippen LogP contribution < -0.4 is 4.90 Å². The molecule has 1 atom stereocenters. The highest BCUT2D eigenvalue weighted by Gasteiger charge is 2.35. The summed E-state index contributed by atoms with van der Waals surface area (Å²) in [5.74, 6) is 1.43. The number of benzene rings is 1. The Labute approximate surface area is 130 Å². The van der Waals surface area contributed by atoms with E-state index in [4.69, 9.17) is 4.52 Å². The Kier molecular flexibility index (Phi) is 3.96. The number of aromatic nitrogens is 2. The van der Waals surface area contributed by atoms with Gasteiger partial charge in [-0.15, -0.1) is 0 Å². The molecule has 1 aromatic heterocycles. The van der Waals surface area contributed by atoms with Crippen LogP contribution in [0.2, 0.25) is 0 Å². The van der Waals surface area contributed by atoms with Crippen LogP contribution >= 0.6 is 0 Å². The largest absolute Gasteiger partial charge is 0.339 e. The first-order chi connectivity index (χ1) is 10.6. The third-order valence-corrected chi connectivity index (χ3v) is 4.07. The van der Waals surface area contributed by atoms with Crippen molar-refractivity contribution in [1.29, 1.82) is 0 Å². The van der Waals surface area contributed by atoms with E-state index < -0.39 is 0 Å². The van der Waals surface area contributed by atoms with E-state index in [0.29, 0.717) is 18.9 Å². The predicted molar refractivity (Wildman–Crippen MR) is 83.9 cm³/mol. The number of hydrogen-bond donors (Lipinski definition) is 0. The molecule has 1 aliphatic rings. The highest BCUT2D eigenvalue weighted by Crippen LogP contribution is 2.32. The van der Waals surface area contributed by atoms with Crippen molar-refractivity contribution in [2.75, 3.05) is 11.4 Å². The van der Waals surface area contributed by atoms with Crippen LogP contribution in [0.25, 0.3) is 0 Å². The fraction of sp³-hybridized carbons (Fsp3) is 0.471. The molecule has 1 saturated heterocycles. The predicted octanol–water partition coefficient (Wildman–Crippen LogP) is 3.16. The van der Waals surface area contributed by atoms with Crippen LogP contribution in [-0.2, 0) is 11.2 Å². The van der Waals surface area contributed by atoms with Crippen LogP contribution in [0, 0.1) is 13.8 Å². The maximum absolute atomic E-state index is 12.4. The van der Waals surface area contributed by atoms with E-state index in [1.54, 1.807) is 0 Å². The lowest BCUT2D eigenvalue weighted by molar-refractivity contribution is -0.117. The van der Waals surface area contributed by atoms with E-state index in [2.05, 4.69) is 30.1 Å². The molecule has 0 N–H and O–H groups in total. The molecule has 1 aromatic carbocycles. The van der Waals surface area contributed by atoms with Crippen molar-refractivity contribution >= 4 is 11.6 Å². The zero-order valence-electron chi connectivity index (χ0n) is 13.3. The highest BCUT2D eigenvalue weighted by atomic mass is 16.5. The third-order valence-electron chi connectivity index (χ3n) is 4.07. The summed E-state index contributed by atoms with van der Waals surface area (Å²) in [7, 11) is 0. The van der Waals surface area contributed by atoms with Gasteiger partial charge in [0.2, 0.25) is 11.8 Å². The molecular formula is C17H21N3O2. The topological polar surface area (TPSA) is 59.2 Å². The van der Waals surface area contributed by atoms with E-state index >= 15 is 0 Å². The number of nitrogens with zero attached hydrogens (tertiary/aromatic N) is 3. The molecule has 0 bridgehead atoms. The fourth-order valence-electron chi connectivity index (χ4n) is 2.97. The Morgan fingerprint density at radius 2 is 2.18 bits per heavy atom. The monoisotopic (exact) mass is 299 g/mol. The fourth-order valence-corrected chi connectivity index (χ4v) is 2.97. The number of anilines is 1. The lowest BCUT2D eigenvalue weighted by atomic mass is 10.1. The first kappa shape index (κ1) is 14.8. The summed E-state index contributed by atoms with van der Waals surface area (Å²) in [5, 5.41) is 3.99. The van der Waals surface area contributed by atoms with E-state index in [9.17, 15) is 4.79 Å². The molecule has 2 aromatic rings. The Balaban J connectivity index is 1.80. The van der Waals surface area contributed by atoms with Crippen molar-refractivity contribution in [3.63, 3.8) is 0 Å². The van der Waals surface area contributed by atoms with Crippen LogP contribution in [-0.4, -0.2) is 22.6 Å². The summed E-state index contributed by atoms with van der Waals surface area (Å²) < 4.78 is 5.34. The molecule has 0 spiro atoms. The average Bonchev–Trinajstić information content (AvgIpc) is 3.06. The van der Waals surface area contributed by atoms with Gasteiger partial charge in [-0.1, -0.05) is 29.8 Å². The van der Waals surface area contributed by atoms with E-state index in [0.717, 1.165) is 29.9 Å². The second-order valence-electron chi connectivity index (χ2n) is 5.99. The minimum absolute atomic E-state index is 0.00805. The molecule has 1 unspecified atom stereocenters. The summed E-state index contributed by atoms with van der Waals surface area (Å²) in [6.45, 7) is 6.78. The highest BCUT2D eigenvalue weighted by molar-refractivity contribution is 5.97. The molecule has 1 amide bonds. The van der Waals surface area contributed by atoms with Crippen molar-refractivity contribution in [3.8, 4) is 0 Å². The number of carbonyl (C=O) groups is 1. The van der Waals surface area contributed by atoms with Crippen molar-refractivity contribution in [2.24, 2.45) is 0 Å². The van der Waals surface area contributed by atoms with Gasteiger partial charge in [0.1, 0.15) is 0 Å².